The zero-order chi connectivity index (χ0) is 24.5. The predicted molar refractivity (Wildman–Crippen MR) is 124 cm³/mol. The highest BCUT2D eigenvalue weighted by molar-refractivity contribution is 5.35. The predicted octanol–water partition coefficient (Wildman–Crippen LogP) is 3.59. The van der Waals surface area contributed by atoms with Gasteiger partial charge in [-0.1, -0.05) is 24.3 Å². The first-order valence-electron chi connectivity index (χ1n) is 11.2. The van der Waals surface area contributed by atoms with Crippen LogP contribution in [-0.2, 0) is 13.0 Å². The monoisotopic (exact) mass is 473 g/mol. The number of aromatic nitrogens is 4. The minimum Gasteiger partial charge on any atom is -0.312 e. The van der Waals surface area contributed by atoms with E-state index in [-0.39, 0.29) is 29.6 Å². The van der Waals surface area contributed by atoms with Crippen molar-refractivity contribution in [1.82, 2.24) is 18.9 Å². The number of hydrogen-bond acceptors (Lipinski definition) is 4. The molecule has 4 aromatic rings. The Morgan fingerprint density at radius 1 is 1.00 bits per heavy atom. The van der Waals surface area contributed by atoms with Crippen molar-refractivity contribution in [3.63, 3.8) is 0 Å². The molecule has 0 spiro atoms. The molecular formula is C26H21F2N5O2. The highest BCUT2D eigenvalue weighted by atomic mass is 19.1. The van der Waals surface area contributed by atoms with Gasteiger partial charge in [-0.15, -0.1) is 0 Å². The Hall–Kier alpha value is -4.32. The summed E-state index contributed by atoms with van der Waals surface area (Å²) in [5.74, 6) is -1.44. The summed E-state index contributed by atoms with van der Waals surface area (Å²) in [6.07, 6.45) is 4.82. The molecule has 1 aliphatic carbocycles. The van der Waals surface area contributed by atoms with Crippen molar-refractivity contribution in [2.75, 3.05) is 0 Å². The lowest BCUT2D eigenvalue weighted by molar-refractivity contribution is 0.242. The van der Waals surface area contributed by atoms with Crippen LogP contribution in [0.25, 0.3) is 5.69 Å². The second-order valence-corrected chi connectivity index (χ2v) is 8.69. The quantitative estimate of drug-likeness (QED) is 0.428. The Morgan fingerprint density at radius 3 is 2.40 bits per heavy atom. The summed E-state index contributed by atoms with van der Waals surface area (Å²) in [6.45, 7) is -0.272. The normalized spacial score (nSPS) is 17.1. The Labute approximate surface area is 199 Å². The fourth-order valence-corrected chi connectivity index (χ4v) is 4.35. The molecule has 0 aliphatic heterocycles. The highest BCUT2D eigenvalue weighted by Gasteiger charge is 2.31. The third-order valence-electron chi connectivity index (χ3n) is 6.44. The highest BCUT2D eigenvalue weighted by Crippen LogP contribution is 2.36. The van der Waals surface area contributed by atoms with E-state index in [2.05, 4.69) is 11.2 Å². The number of pyridine rings is 1. The van der Waals surface area contributed by atoms with Crippen LogP contribution in [0.2, 0.25) is 0 Å². The summed E-state index contributed by atoms with van der Waals surface area (Å²) >= 11 is 0. The fraction of sp³-hybridized carbons (Fsp3) is 0.231. The maximum Gasteiger partial charge on any atom is 0.350 e. The molecule has 0 unspecified atom stereocenters. The van der Waals surface area contributed by atoms with Crippen LogP contribution in [0.1, 0.15) is 35.6 Å². The van der Waals surface area contributed by atoms with Crippen molar-refractivity contribution in [3.05, 3.63) is 116 Å². The van der Waals surface area contributed by atoms with Crippen molar-refractivity contribution in [1.29, 1.82) is 5.26 Å². The van der Waals surface area contributed by atoms with Gasteiger partial charge in [-0.05, 0) is 48.7 Å². The van der Waals surface area contributed by atoms with Crippen LogP contribution >= 0.6 is 0 Å². The Balaban J connectivity index is 1.33. The molecule has 1 aliphatic rings. The van der Waals surface area contributed by atoms with Crippen LogP contribution < -0.4 is 11.2 Å². The van der Waals surface area contributed by atoms with Crippen LogP contribution in [0.3, 0.4) is 0 Å². The van der Waals surface area contributed by atoms with Crippen LogP contribution in [0.5, 0.6) is 0 Å². The molecule has 176 valence electrons. The van der Waals surface area contributed by atoms with Gasteiger partial charge >= 0.3 is 5.69 Å². The number of hydrogen-bond donors (Lipinski definition) is 0. The summed E-state index contributed by atoms with van der Waals surface area (Å²) in [6, 6.07) is 16.5. The van der Waals surface area contributed by atoms with E-state index in [0.29, 0.717) is 30.5 Å². The lowest BCUT2D eigenvalue weighted by Crippen LogP contribution is -2.34. The Kier molecular flexibility index (Phi) is 5.87. The Morgan fingerprint density at radius 2 is 1.71 bits per heavy atom. The fourth-order valence-electron chi connectivity index (χ4n) is 4.35. The molecule has 0 radical (unpaired) electrons. The first-order valence-corrected chi connectivity index (χ1v) is 11.2. The van der Waals surface area contributed by atoms with Gasteiger partial charge in [-0.25, -0.2) is 13.6 Å². The van der Waals surface area contributed by atoms with Gasteiger partial charge in [-0.2, -0.15) is 15.0 Å². The van der Waals surface area contributed by atoms with E-state index < -0.39 is 17.3 Å². The molecule has 1 fully saturated rings. The van der Waals surface area contributed by atoms with E-state index in [1.165, 1.54) is 12.4 Å². The minimum absolute atomic E-state index is 0.0146. The molecule has 35 heavy (non-hydrogen) atoms. The molecule has 7 nitrogen and oxygen atoms in total. The van der Waals surface area contributed by atoms with Gasteiger partial charge in [0.05, 0.1) is 24.2 Å². The van der Waals surface area contributed by atoms with Gasteiger partial charge < -0.3 is 4.57 Å². The van der Waals surface area contributed by atoms with Crippen molar-refractivity contribution in [3.8, 4) is 11.8 Å². The molecule has 2 aromatic carbocycles. The van der Waals surface area contributed by atoms with Crippen molar-refractivity contribution in [2.45, 2.75) is 31.8 Å². The second kappa shape index (κ2) is 9.14. The lowest BCUT2D eigenvalue weighted by Gasteiger charge is -2.32. The first kappa shape index (κ1) is 22.5. The van der Waals surface area contributed by atoms with E-state index in [9.17, 15) is 18.4 Å². The molecule has 0 amide bonds. The van der Waals surface area contributed by atoms with Crippen LogP contribution in [0.4, 0.5) is 8.78 Å². The summed E-state index contributed by atoms with van der Waals surface area (Å²) in [7, 11) is 0. The lowest BCUT2D eigenvalue weighted by atomic mass is 9.81. The number of halogens is 2. The van der Waals surface area contributed by atoms with Crippen molar-refractivity contribution in [2.24, 2.45) is 5.92 Å². The number of rotatable bonds is 6. The Bertz CT molecular complexity index is 1520. The van der Waals surface area contributed by atoms with Crippen LogP contribution in [-0.4, -0.2) is 18.9 Å². The third-order valence-corrected chi connectivity index (χ3v) is 6.44. The summed E-state index contributed by atoms with van der Waals surface area (Å²) in [5.41, 5.74) is 1.23. The molecule has 0 bridgehead atoms. The van der Waals surface area contributed by atoms with Gasteiger partial charge in [0.15, 0.2) is 0 Å². The third kappa shape index (κ3) is 4.30. The largest absolute Gasteiger partial charge is 0.350 e. The molecule has 2 aromatic heterocycles. The zero-order valence-electron chi connectivity index (χ0n) is 18.6. The van der Waals surface area contributed by atoms with Gasteiger partial charge in [0.25, 0.3) is 5.56 Å². The molecule has 1 saturated carbocycles. The topological polar surface area (TPSA) is 85.6 Å². The van der Waals surface area contributed by atoms with Gasteiger partial charge in [0, 0.05) is 29.8 Å². The number of nitriles is 1. The van der Waals surface area contributed by atoms with Crippen molar-refractivity contribution < 1.29 is 8.78 Å². The number of nitrogens with zero attached hydrogens (tertiary/aromatic N) is 5. The maximum atomic E-state index is 14.0. The van der Waals surface area contributed by atoms with Crippen LogP contribution in [0.15, 0.2) is 76.7 Å². The average Bonchev–Trinajstić information content (AvgIpc) is 3.18. The standard InChI is InChI=1S/C26H21F2N5O2/c27-23-4-1-5-24(28)22(23)15-31-16-30-33(26(31)35)20-8-6-17(7-9-20)11-19-3-2-10-32(25(19)34)21-12-18(13-21)14-29/h1-10,16,18,21H,11-13,15H2. The molecule has 0 saturated heterocycles. The van der Waals surface area contributed by atoms with E-state index in [1.54, 1.807) is 29.0 Å². The van der Waals surface area contributed by atoms with Gasteiger partial charge in [-0.3, -0.25) is 9.36 Å². The second-order valence-electron chi connectivity index (χ2n) is 8.69. The summed E-state index contributed by atoms with van der Waals surface area (Å²) in [4.78, 5) is 25.7. The smallest absolute Gasteiger partial charge is 0.312 e. The first-order chi connectivity index (χ1) is 16.9. The summed E-state index contributed by atoms with van der Waals surface area (Å²) in [5, 5.41) is 13.1. The zero-order valence-corrected chi connectivity index (χ0v) is 18.6. The molecule has 2 heterocycles. The molecule has 5 rings (SSSR count). The van der Waals surface area contributed by atoms with Gasteiger partial charge in [0.2, 0.25) is 0 Å². The van der Waals surface area contributed by atoms with E-state index in [0.717, 1.165) is 26.9 Å². The molecule has 0 N–H and O–H groups in total. The van der Waals surface area contributed by atoms with E-state index in [4.69, 9.17) is 5.26 Å². The molecule has 9 heteroatoms. The van der Waals surface area contributed by atoms with E-state index >= 15 is 0 Å². The maximum absolute atomic E-state index is 14.0. The number of benzene rings is 2. The van der Waals surface area contributed by atoms with Crippen molar-refractivity contribution >= 4 is 0 Å². The average molecular weight is 473 g/mol. The van der Waals surface area contributed by atoms with Crippen LogP contribution in [0, 0.1) is 28.9 Å². The molecular weight excluding hydrogens is 452 g/mol. The minimum atomic E-state index is -0.726. The van der Waals surface area contributed by atoms with E-state index in [1.807, 2.05) is 18.2 Å². The summed E-state index contributed by atoms with van der Waals surface area (Å²) < 4.78 is 31.9. The van der Waals surface area contributed by atoms with Gasteiger partial charge in [0.1, 0.15) is 18.0 Å². The SMILES string of the molecule is N#CC1CC(n2cccc(Cc3ccc(-n4ncn(Cc5c(F)cccc5F)c4=O)cc3)c2=O)C1. The molecule has 0 atom stereocenters.